The van der Waals surface area contributed by atoms with Crippen molar-refractivity contribution in [3.8, 4) is 0 Å². The van der Waals surface area contributed by atoms with E-state index >= 15 is 0 Å². The zero-order valence-corrected chi connectivity index (χ0v) is 12.7. The molecule has 1 aliphatic rings. The van der Waals surface area contributed by atoms with Crippen LogP contribution in [0.2, 0.25) is 0 Å². The fourth-order valence-electron chi connectivity index (χ4n) is 2.14. The van der Waals surface area contributed by atoms with E-state index in [-0.39, 0.29) is 15.9 Å². The van der Waals surface area contributed by atoms with E-state index in [1.165, 1.54) is 6.07 Å². The van der Waals surface area contributed by atoms with Crippen molar-refractivity contribution in [1.29, 1.82) is 0 Å². The number of carboxylic acids is 1. The highest BCUT2D eigenvalue weighted by atomic mass is 32.2. The van der Waals surface area contributed by atoms with E-state index in [0.717, 1.165) is 30.8 Å². The minimum absolute atomic E-state index is 0.0296. The number of aryl methyl sites for hydroxylation is 1. The molecule has 2 rings (SSSR count). The first-order chi connectivity index (χ1) is 9.40. The molecule has 20 heavy (non-hydrogen) atoms. The van der Waals surface area contributed by atoms with E-state index < -0.39 is 16.0 Å². The molecule has 112 valence electrons. The lowest BCUT2D eigenvalue weighted by Gasteiger charge is -2.10. The van der Waals surface area contributed by atoms with Crippen LogP contribution in [0, 0.1) is 6.92 Å². The maximum absolute atomic E-state index is 12.1. The number of thiophene rings is 1. The Kier molecular flexibility index (Phi) is 4.79. The second kappa shape index (κ2) is 6.21. The molecule has 0 aromatic carbocycles. The minimum atomic E-state index is -3.65. The van der Waals surface area contributed by atoms with Gasteiger partial charge in [-0.1, -0.05) is 0 Å². The first-order valence-corrected chi connectivity index (χ1v) is 8.65. The van der Waals surface area contributed by atoms with Crippen LogP contribution in [0.15, 0.2) is 11.0 Å². The topological polar surface area (TPSA) is 92.7 Å². The van der Waals surface area contributed by atoms with Gasteiger partial charge in [-0.05, 0) is 32.3 Å². The fraction of sp³-hybridized carbons (Fsp3) is 0.583. The lowest BCUT2D eigenvalue weighted by atomic mass is 10.2. The maximum Gasteiger partial charge on any atom is 0.345 e. The summed E-state index contributed by atoms with van der Waals surface area (Å²) in [6.45, 7) is 2.64. The highest BCUT2D eigenvalue weighted by Crippen LogP contribution is 2.25. The molecule has 1 unspecified atom stereocenters. The van der Waals surface area contributed by atoms with Gasteiger partial charge >= 0.3 is 5.97 Å². The Morgan fingerprint density at radius 3 is 2.90 bits per heavy atom. The number of rotatable bonds is 6. The van der Waals surface area contributed by atoms with Crippen molar-refractivity contribution < 1.29 is 23.1 Å². The summed E-state index contributed by atoms with van der Waals surface area (Å²) in [5, 5.41) is 8.89. The van der Waals surface area contributed by atoms with E-state index in [2.05, 4.69) is 4.72 Å². The van der Waals surface area contributed by atoms with Gasteiger partial charge in [0.25, 0.3) is 0 Å². The lowest BCUT2D eigenvalue weighted by molar-refractivity contribution is 0.0702. The SMILES string of the molecule is Cc1sc(C(=O)O)cc1S(=O)(=O)NCCC1CCCO1. The monoisotopic (exact) mass is 319 g/mol. The van der Waals surface area contributed by atoms with Crippen molar-refractivity contribution >= 4 is 27.3 Å². The van der Waals surface area contributed by atoms with Crippen molar-refractivity contribution in [2.24, 2.45) is 0 Å². The number of carboxylic acid groups (broad SMARTS) is 1. The van der Waals surface area contributed by atoms with Gasteiger partial charge in [0, 0.05) is 18.0 Å². The molecule has 0 radical (unpaired) electrons. The molecule has 1 fully saturated rings. The lowest BCUT2D eigenvalue weighted by Crippen LogP contribution is -2.27. The van der Waals surface area contributed by atoms with Gasteiger partial charge in [0.15, 0.2) is 0 Å². The van der Waals surface area contributed by atoms with Crippen LogP contribution >= 0.6 is 11.3 Å². The number of hydrogen-bond acceptors (Lipinski definition) is 5. The number of aromatic carboxylic acids is 1. The van der Waals surface area contributed by atoms with Crippen LogP contribution in [0.25, 0.3) is 0 Å². The van der Waals surface area contributed by atoms with E-state index in [9.17, 15) is 13.2 Å². The van der Waals surface area contributed by atoms with Crippen LogP contribution in [0.1, 0.15) is 33.8 Å². The summed E-state index contributed by atoms with van der Waals surface area (Å²) in [7, 11) is -3.65. The second-order valence-corrected chi connectivity index (χ2v) is 7.65. The molecule has 0 spiro atoms. The number of nitrogens with one attached hydrogen (secondary N) is 1. The van der Waals surface area contributed by atoms with Crippen LogP contribution in [0.3, 0.4) is 0 Å². The van der Waals surface area contributed by atoms with Crippen molar-refractivity contribution in [1.82, 2.24) is 4.72 Å². The summed E-state index contributed by atoms with van der Waals surface area (Å²) in [5.74, 6) is -1.11. The molecule has 6 nitrogen and oxygen atoms in total. The number of hydrogen-bond donors (Lipinski definition) is 2. The average Bonchev–Trinajstić information content (AvgIpc) is 2.98. The van der Waals surface area contributed by atoms with Crippen molar-refractivity contribution in [3.63, 3.8) is 0 Å². The molecule has 0 amide bonds. The van der Waals surface area contributed by atoms with Crippen LogP contribution in [-0.4, -0.2) is 38.7 Å². The van der Waals surface area contributed by atoms with E-state index in [0.29, 0.717) is 17.8 Å². The molecular weight excluding hydrogens is 302 g/mol. The quantitative estimate of drug-likeness (QED) is 0.831. The molecule has 1 aromatic heterocycles. The molecule has 1 aliphatic heterocycles. The molecule has 1 saturated heterocycles. The van der Waals surface area contributed by atoms with Crippen molar-refractivity contribution in [3.05, 3.63) is 15.8 Å². The molecule has 0 aliphatic carbocycles. The zero-order chi connectivity index (χ0) is 14.8. The van der Waals surface area contributed by atoms with Gasteiger partial charge in [0.1, 0.15) is 4.88 Å². The summed E-state index contributed by atoms with van der Waals surface area (Å²) in [4.78, 5) is 11.4. The van der Waals surface area contributed by atoms with Crippen LogP contribution < -0.4 is 4.72 Å². The van der Waals surface area contributed by atoms with Crippen LogP contribution in [0.5, 0.6) is 0 Å². The van der Waals surface area contributed by atoms with E-state index in [4.69, 9.17) is 9.84 Å². The Morgan fingerprint density at radius 2 is 2.35 bits per heavy atom. The third-order valence-electron chi connectivity index (χ3n) is 3.15. The van der Waals surface area contributed by atoms with Gasteiger partial charge in [-0.3, -0.25) is 0 Å². The van der Waals surface area contributed by atoms with Crippen LogP contribution in [-0.2, 0) is 14.8 Å². The van der Waals surface area contributed by atoms with Gasteiger partial charge in [-0.25, -0.2) is 17.9 Å². The van der Waals surface area contributed by atoms with Crippen LogP contribution in [0.4, 0.5) is 0 Å². The Morgan fingerprint density at radius 1 is 1.60 bits per heavy atom. The summed E-state index contributed by atoms with van der Waals surface area (Å²) in [6.07, 6.45) is 2.73. The zero-order valence-electron chi connectivity index (χ0n) is 11.1. The third kappa shape index (κ3) is 3.57. The molecular formula is C12H17NO5S2. The number of carbonyl (C=O) groups is 1. The van der Waals surface area contributed by atoms with Gasteiger partial charge in [-0.15, -0.1) is 11.3 Å². The molecule has 1 aromatic rings. The third-order valence-corrected chi connectivity index (χ3v) is 5.91. The predicted octanol–water partition coefficient (Wildman–Crippen LogP) is 1.60. The molecule has 2 heterocycles. The smallest absolute Gasteiger partial charge is 0.345 e. The predicted molar refractivity (Wildman–Crippen MR) is 74.8 cm³/mol. The largest absolute Gasteiger partial charge is 0.477 e. The average molecular weight is 319 g/mol. The first kappa shape index (κ1) is 15.4. The summed E-state index contributed by atoms with van der Waals surface area (Å²) < 4.78 is 32.2. The Labute approximate surface area is 121 Å². The van der Waals surface area contributed by atoms with Gasteiger partial charge in [-0.2, -0.15) is 0 Å². The number of ether oxygens (including phenoxy) is 1. The summed E-state index contributed by atoms with van der Waals surface area (Å²) in [5.41, 5.74) is 0. The minimum Gasteiger partial charge on any atom is -0.477 e. The molecule has 1 atom stereocenters. The summed E-state index contributed by atoms with van der Waals surface area (Å²) >= 11 is 0.965. The fourth-order valence-corrected chi connectivity index (χ4v) is 4.62. The van der Waals surface area contributed by atoms with Crippen molar-refractivity contribution in [2.45, 2.75) is 37.2 Å². The normalized spacial score (nSPS) is 19.4. The highest BCUT2D eigenvalue weighted by molar-refractivity contribution is 7.89. The Balaban J connectivity index is 2.00. The van der Waals surface area contributed by atoms with E-state index in [1.54, 1.807) is 6.92 Å². The van der Waals surface area contributed by atoms with E-state index in [1.807, 2.05) is 0 Å². The first-order valence-electron chi connectivity index (χ1n) is 6.35. The summed E-state index contributed by atoms with van der Waals surface area (Å²) in [6, 6.07) is 1.21. The second-order valence-electron chi connectivity index (χ2n) is 4.66. The number of sulfonamides is 1. The van der Waals surface area contributed by atoms with Gasteiger partial charge < -0.3 is 9.84 Å². The molecule has 0 saturated carbocycles. The Hall–Kier alpha value is -0.960. The molecule has 8 heteroatoms. The Bertz CT molecular complexity index is 587. The van der Waals surface area contributed by atoms with Gasteiger partial charge in [0.2, 0.25) is 10.0 Å². The maximum atomic E-state index is 12.1. The molecule has 2 N–H and O–H groups in total. The molecule has 0 bridgehead atoms. The van der Waals surface area contributed by atoms with Crippen molar-refractivity contribution in [2.75, 3.05) is 13.2 Å². The standard InChI is InChI=1S/C12H17NO5S2/c1-8-11(7-10(19-8)12(14)15)20(16,17)13-5-4-9-3-2-6-18-9/h7,9,13H,2-6H2,1H3,(H,14,15). The van der Waals surface area contributed by atoms with Gasteiger partial charge in [0.05, 0.1) is 11.0 Å². The highest BCUT2D eigenvalue weighted by Gasteiger charge is 2.23.